The first-order valence-corrected chi connectivity index (χ1v) is 8.16. The maximum Gasteiger partial charge on any atom is 0.313 e. The second kappa shape index (κ2) is 6.10. The van der Waals surface area contributed by atoms with Gasteiger partial charge in [0.25, 0.3) is 10.1 Å². The molecule has 0 saturated carbocycles. The molecule has 3 rings (SSSR count). The Morgan fingerprint density at radius 1 is 1.29 bits per heavy atom. The Morgan fingerprint density at radius 2 is 2.08 bits per heavy atom. The predicted molar refractivity (Wildman–Crippen MR) is 82.3 cm³/mol. The zero-order valence-corrected chi connectivity index (χ0v) is 12.8. The number of hydrogen-bond donors (Lipinski definition) is 2. The summed E-state index contributed by atoms with van der Waals surface area (Å²) in [5.74, 6) is -1.12. The highest BCUT2D eigenvalue weighted by Crippen LogP contribution is 2.20. The molecule has 24 heavy (non-hydrogen) atoms. The molecule has 6 nitrogen and oxygen atoms in total. The van der Waals surface area contributed by atoms with Crippen LogP contribution >= 0.6 is 0 Å². The highest BCUT2D eigenvalue weighted by Gasteiger charge is 2.25. The first-order valence-electron chi connectivity index (χ1n) is 6.66. The van der Waals surface area contributed by atoms with E-state index in [0.717, 1.165) is 6.07 Å². The molecule has 2 N–H and O–H groups in total. The lowest BCUT2D eigenvalue weighted by Crippen LogP contribution is -2.33. The summed E-state index contributed by atoms with van der Waals surface area (Å²) in [6.45, 7) is 0. The van der Waals surface area contributed by atoms with Gasteiger partial charge in [0.05, 0.1) is 0 Å². The molecular formula is C15H10F2N3O3S. The lowest BCUT2D eigenvalue weighted by atomic mass is 10.0. The van der Waals surface area contributed by atoms with Gasteiger partial charge in [-0.25, -0.2) is 0 Å². The molecule has 2 aromatic rings. The van der Waals surface area contributed by atoms with Crippen LogP contribution in [0.5, 0.6) is 0 Å². The molecule has 123 valence electrons. The van der Waals surface area contributed by atoms with Crippen molar-refractivity contribution >= 4 is 28.2 Å². The summed E-state index contributed by atoms with van der Waals surface area (Å²) in [7, 11) is -4.35. The number of halogens is 2. The van der Waals surface area contributed by atoms with E-state index >= 15 is 0 Å². The van der Waals surface area contributed by atoms with Crippen LogP contribution in [0.3, 0.4) is 0 Å². The quantitative estimate of drug-likeness (QED) is 0.481. The van der Waals surface area contributed by atoms with Gasteiger partial charge in [0, 0.05) is 12.3 Å². The summed E-state index contributed by atoms with van der Waals surface area (Å²) < 4.78 is 58.2. The van der Waals surface area contributed by atoms with Gasteiger partial charge in [-0.1, -0.05) is 30.4 Å². The van der Waals surface area contributed by atoms with Gasteiger partial charge < -0.3 is 5.32 Å². The summed E-state index contributed by atoms with van der Waals surface area (Å²) in [5.41, 5.74) is 0.343. The Labute approximate surface area is 135 Å². The average molecular weight is 350 g/mol. The third kappa shape index (κ3) is 3.31. The molecule has 0 fully saturated rings. The summed E-state index contributed by atoms with van der Waals surface area (Å²) >= 11 is 0. The zero-order chi connectivity index (χ0) is 17.3. The summed E-state index contributed by atoms with van der Waals surface area (Å²) in [6.07, 6.45) is 5.77. The first kappa shape index (κ1) is 16.2. The van der Waals surface area contributed by atoms with Gasteiger partial charge in [-0.15, -0.1) is 0 Å². The van der Waals surface area contributed by atoms with Gasteiger partial charge in [0.15, 0.2) is 0 Å². The largest absolute Gasteiger partial charge is 0.346 e. The molecule has 1 atom stereocenters. The standard InChI is InChI=1S/C15H10F2N3O3S/c16-13-7-14(20-15(17)19-13)18-8-9-3-1-5-11-10(9)4-2-6-12(11)24(21,22)23/h1-5,7-8,12H,(H,18,19,20)(H,21,22,23). The second-order valence-corrected chi connectivity index (χ2v) is 6.38. The van der Waals surface area contributed by atoms with Crippen molar-refractivity contribution in [2.75, 3.05) is 5.32 Å². The molecule has 1 radical (unpaired) electrons. The van der Waals surface area contributed by atoms with Crippen LogP contribution in [-0.4, -0.2) is 22.9 Å². The lowest BCUT2D eigenvalue weighted by molar-refractivity contribution is 0.475. The molecule has 0 bridgehead atoms. The average Bonchev–Trinajstić information content (AvgIpc) is 2.50. The van der Waals surface area contributed by atoms with Crippen LogP contribution in [0.2, 0.25) is 0 Å². The Kier molecular flexibility index (Phi) is 4.12. The minimum absolute atomic E-state index is 0.0955. The fourth-order valence-electron chi connectivity index (χ4n) is 2.32. The summed E-state index contributed by atoms with van der Waals surface area (Å²) in [6, 6.07) is 5.71. The van der Waals surface area contributed by atoms with Crippen LogP contribution < -0.4 is 15.8 Å². The smallest absolute Gasteiger partial charge is 0.313 e. The maximum absolute atomic E-state index is 13.1. The zero-order valence-electron chi connectivity index (χ0n) is 11.9. The van der Waals surface area contributed by atoms with E-state index in [1.165, 1.54) is 12.3 Å². The van der Waals surface area contributed by atoms with Gasteiger partial charge in [0.1, 0.15) is 11.1 Å². The molecule has 0 saturated heterocycles. The van der Waals surface area contributed by atoms with E-state index in [0.29, 0.717) is 16.0 Å². The number of nitrogens with one attached hydrogen (secondary N) is 1. The topological polar surface area (TPSA) is 92.2 Å². The van der Waals surface area contributed by atoms with Crippen LogP contribution in [0.4, 0.5) is 14.6 Å². The van der Waals surface area contributed by atoms with Gasteiger partial charge in [-0.2, -0.15) is 27.2 Å². The minimum Gasteiger partial charge on any atom is -0.346 e. The van der Waals surface area contributed by atoms with E-state index in [1.807, 2.05) is 0 Å². The van der Waals surface area contributed by atoms with Gasteiger partial charge in [-0.3, -0.25) is 4.55 Å². The molecule has 0 amide bonds. The Bertz CT molecular complexity index is 1030. The van der Waals surface area contributed by atoms with E-state index in [4.69, 9.17) is 0 Å². The number of aromatic nitrogens is 2. The maximum atomic E-state index is 13.1. The molecule has 1 aromatic carbocycles. The van der Waals surface area contributed by atoms with Crippen LogP contribution in [0.15, 0.2) is 30.3 Å². The number of hydrogen-bond acceptors (Lipinski definition) is 5. The van der Waals surface area contributed by atoms with Crippen LogP contribution in [0.25, 0.3) is 12.3 Å². The van der Waals surface area contributed by atoms with E-state index in [1.54, 1.807) is 24.3 Å². The Hall–Kier alpha value is -2.65. The minimum atomic E-state index is -4.35. The fraction of sp³-hybridized carbons (Fsp3) is 0.0667. The number of benzene rings is 1. The van der Waals surface area contributed by atoms with Crippen LogP contribution in [-0.2, 0) is 10.1 Å². The van der Waals surface area contributed by atoms with Crippen molar-refractivity contribution in [1.82, 2.24) is 9.97 Å². The molecule has 0 spiro atoms. The van der Waals surface area contributed by atoms with Crippen LogP contribution in [0.1, 0.15) is 10.8 Å². The van der Waals surface area contributed by atoms with E-state index in [2.05, 4.69) is 21.4 Å². The molecule has 1 aliphatic carbocycles. The normalized spacial score (nSPS) is 17.3. The highest BCUT2D eigenvalue weighted by atomic mass is 32.2. The number of anilines is 1. The van der Waals surface area contributed by atoms with Crippen LogP contribution in [0, 0.1) is 18.1 Å². The number of rotatable bonds is 3. The Balaban J connectivity index is 2.07. The molecule has 1 heterocycles. The third-order valence-corrected chi connectivity index (χ3v) is 4.28. The molecule has 1 aliphatic rings. The van der Waals surface area contributed by atoms with Gasteiger partial charge in [-0.05, 0) is 22.1 Å². The second-order valence-electron chi connectivity index (χ2n) is 4.88. The van der Waals surface area contributed by atoms with Crippen molar-refractivity contribution in [3.63, 3.8) is 0 Å². The number of nitrogens with zero attached hydrogens (tertiary/aromatic N) is 2. The SMILES string of the molecule is O=S(=O)(O)C1[C]=CC=c2c1cccc2=CNc1cc(F)nc(F)n1. The van der Waals surface area contributed by atoms with Crippen molar-refractivity contribution in [2.45, 2.75) is 5.25 Å². The first-order chi connectivity index (χ1) is 11.3. The van der Waals surface area contributed by atoms with Gasteiger partial charge >= 0.3 is 6.08 Å². The summed E-state index contributed by atoms with van der Waals surface area (Å²) in [4.78, 5) is 6.27. The van der Waals surface area contributed by atoms with Crippen molar-refractivity contribution in [3.8, 4) is 0 Å². The highest BCUT2D eigenvalue weighted by molar-refractivity contribution is 7.86. The van der Waals surface area contributed by atoms with Crippen molar-refractivity contribution < 1.29 is 21.8 Å². The summed E-state index contributed by atoms with van der Waals surface area (Å²) in [5, 5.41) is 2.40. The van der Waals surface area contributed by atoms with Gasteiger partial charge in [0.2, 0.25) is 5.95 Å². The monoisotopic (exact) mass is 350 g/mol. The third-order valence-electron chi connectivity index (χ3n) is 3.29. The number of fused-ring (bicyclic) bond motifs is 1. The van der Waals surface area contributed by atoms with Crippen molar-refractivity contribution in [3.05, 3.63) is 64.4 Å². The van der Waals surface area contributed by atoms with E-state index in [9.17, 15) is 21.8 Å². The fourth-order valence-corrected chi connectivity index (χ4v) is 3.10. The molecule has 1 aromatic heterocycles. The van der Waals surface area contributed by atoms with E-state index in [-0.39, 0.29) is 5.82 Å². The molecule has 0 aliphatic heterocycles. The molecule has 9 heteroatoms. The number of allylic oxidation sites excluding steroid dienone is 1. The lowest BCUT2D eigenvalue weighted by Gasteiger charge is -2.13. The van der Waals surface area contributed by atoms with E-state index < -0.39 is 27.4 Å². The predicted octanol–water partition coefficient (Wildman–Crippen LogP) is 0.687. The Morgan fingerprint density at radius 3 is 2.79 bits per heavy atom. The van der Waals surface area contributed by atoms with Crippen molar-refractivity contribution in [1.29, 1.82) is 0 Å². The molecule has 1 unspecified atom stereocenters. The van der Waals surface area contributed by atoms with Crippen molar-refractivity contribution in [2.24, 2.45) is 0 Å². The molecular weight excluding hydrogens is 340 g/mol.